The number of anilines is 1. The first-order valence-corrected chi connectivity index (χ1v) is 10.1. The zero-order valence-electron chi connectivity index (χ0n) is 16.0. The van der Waals surface area contributed by atoms with Crippen molar-refractivity contribution in [2.24, 2.45) is 0 Å². The van der Waals surface area contributed by atoms with Crippen molar-refractivity contribution in [2.75, 3.05) is 18.4 Å². The number of rotatable bonds is 3. The van der Waals surface area contributed by atoms with E-state index in [0.717, 1.165) is 25.3 Å². The van der Waals surface area contributed by atoms with Gasteiger partial charge in [0.15, 0.2) is 11.6 Å². The number of phenolic OH excluding ortho intramolecular Hbond substituents is 1. The van der Waals surface area contributed by atoms with Gasteiger partial charge in [-0.25, -0.2) is 9.18 Å². The van der Waals surface area contributed by atoms with Crippen molar-refractivity contribution in [2.45, 2.75) is 38.3 Å². The number of halogens is 3. The molecule has 2 heterocycles. The highest BCUT2D eigenvalue weighted by atomic mass is 35.5. The predicted octanol–water partition coefficient (Wildman–Crippen LogP) is 4.83. The van der Waals surface area contributed by atoms with Crippen LogP contribution in [0.25, 0.3) is 0 Å². The second-order valence-corrected chi connectivity index (χ2v) is 7.85. The first kappa shape index (κ1) is 21.4. The quantitative estimate of drug-likeness (QED) is 0.525. The van der Waals surface area contributed by atoms with E-state index in [1.165, 1.54) is 12.1 Å². The highest BCUT2D eigenvalue weighted by molar-refractivity contribution is 6.36. The first-order chi connectivity index (χ1) is 13.8. The molecule has 2 aliphatic heterocycles. The first-order valence-electron chi connectivity index (χ1n) is 9.37. The number of nitrogens with one attached hydrogen (secondary N) is 1. The van der Waals surface area contributed by atoms with Crippen LogP contribution in [0, 0.1) is 18.2 Å². The number of hydrogen-bond acceptors (Lipinski definition) is 3. The largest absolute Gasteiger partial charge is 0.505 e. The van der Waals surface area contributed by atoms with Gasteiger partial charge >= 0.3 is 6.03 Å². The lowest BCUT2D eigenvalue weighted by molar-refractivity contribution is 0.186. The maximum atomic E-state index is 13.3. The summed E-state index contributed by atoms with van der Waals surface area (Å²) in [6.07, 6.45) is 9.73. The molecule has 2 fully saturated rings. The van der Waals surface area contributed by atoms with E-state index in [1.54, 1.807) is 6.08 Å². The SMILES string of the molecule is C#C/C(Cl)=C(\C(Cl)=C/C)N1CCC2CCC(C1)N2C(=O)Nc1ccc(F)c(O)c1. The zero-order valence-corrected chi connectivity index (χ0v) is 17.5. The molecule has 2 atom stereocenters. The van der Waals surface area contributed by atoms with E-state index in [2.05, 4.69) is 11.2 Å². The Morgan fingerprint density at radius 1 is 1.34 bits per heavy atom. The second-order valence-electron chi connectivity index (χ2n) is 7.07. The highest BCUT2D eigenvalue weighted by Gasteiger charge is 2.41. The van der Waals surface area contributed by atoms with Gasteiger partial charge in [-0.15, -0.1) is 6.42 Å². The van der Waals surface area contributed by atoms with Gasteiger partial charge in [0, 0.05) is 30.9 Å². The summed E-state index contributed by atoms with van der Waals surface area (Å²) in [5, 5.41) is 13.0. The number of allylic oxidation sites excluding steroid dienone is 3. The Labute approximate surface area is 179 Å². The smallest absolute Gasteiger partial charge is 0.322 e. The Kier molecular flexibility index (Phi) is 6.61. The summed E-state index contributed by atoms with van der Waals surface area (Å²) in [7, 11) is 0. The minimum atomic E-state index is -0.737. The van der Waals surface area contributed by atoms with Crippen LogP contribution >= 0.6 is 23.2 Å². The molecule has 2 unspecified atom stereocenters. The molecule has 2 bridgehead atoms. The zero-order chi connectivity index (χ0) is 21.1. The Balaban J connectivity index is 1.81. The predicted molar refractivity (Wildman–Crippen MR) is 113 cm³/mol. The number of carbonyl (C=O) groups is 1. The summed E-state index contributed by atoms with van der Waals surface area (Å²) in [4.78, 5) is 16.8. The van der Waals surface area contributed by atoms with Gasteiger partial charge in [-0.1, -0.05) is 35.2 Å². The third kappa shape index (κ3) is 4.47. The minimum absolute atomic E-state index is 0.0462. The lowest BCUT2D eigenvalue weighted by Crippen LogP contribution is -2.45. The van der Waals surface area contributed by atoms with Crippen molar-refractivity contribution < 1.29 is 14.3 Å². The number of likely N-dealkylation sites (tertiary alicyclic amines) is 1. The van der Waals surface area contributed by atoms with E-state index < -0.39 is 11.6 Å². The average molecular weight is 438 g/mol. The molecular weight excluding hydrogens is 416 g/mol. The van der Waals surface area contributed by atoms with E-state index in [9.17, 15) is 14.3 Å². The summed E-state index contributed by atoms with van der Waals surface area (Å²) in [5.74, 6) is 1.21. The fraction of sp³-hybridized carbons (Fsp3) is 0.381. The summed E-state index contributed by atoms with van der Waals surface area (Å²) < 4.78 is 13.3. The molecule has 29 heavy (non-hydrogen) atoms. The molecule has 2 saturated heterocycles. The highest BCUT2D eigenvalue weighted by Crippen LogP contribution is 2.35. The van der Waals surface area contributed by atoms with Gasteiger partial charge in [-0.3, -0.25) is 0 Å². The number of phenols is 1. The Bertz CT molecular complexity index is 910. The maximum absolute atomic E-state index is 13.3. The van der Waals surface area contributed by atoms with Crippen molar-refractivity contribution in [1.29, 1.82) is 0 Å². The monoisotopic (exact) mass is 437 g/mol. The number of amides is 2. The fourth-order valence-electron chi connectivity index (χ4n) is 3.99. The van der Waals surface area contributed by atoms with Crippen LogP contribution in [-0.2, 0) is 0 Å². The molecule has 3 rings (SSSR count). The topological polar surface area (TPSA) is 55.8 Å². The molecule has 2 aliphatic rings. The van der Waals surface area contributed by atoms with Crippen molar-refractivity contribution >= 4 is 34.9 Å². The molecule has 2 amide bonds. The Hall–Kier alpha value is -2.36. The molecule has 8 heteroatoms. The van der Waals surface area contributed by atoms with Crippen LogP contribution in [0.1, 0.15) is 26.2 Å². The van der Waals surface area contributed by atoms with Crippen molar-refractivity contribution in [3.63, 3.8) is 0 Å². The number of urea groups is 1. The van der Waals surface area contributed by atoms with E-state index in [-0.39, 0.29) is 23.1 Å². The van der Waals surface area contributed by atoms with Crippen LogP contribution in [0.5, 0.6) is 5.75 Å². The summed E-state index contributed by atoms with van der Waals surface area (Å²) in [6.45, 7) is 3.03. The second kappa shape index (κ2) is 8.98. The standard InChI is InChI=1S/C21H22Cl2FN3O2/c1-3-16(22)20(17(23)4-2)26-10-9-14-6-7-15(12-26)27(14)21(29)25-13-5-8-18(24)19(28)11-13/h1,4-5,8,11,14-15,28H,6-7,9-10,12H2,2H3,(H,25,29)/b17-4+,20-16-. The van der Waals surface area contributed by atoms with E-state index in [1.807, 2.05) is 16.7 Å². The molecule has 5 nitrogen and oxygen atoms in total. The van der Waals surface area contributed by atoms with E-state index in [0.29, 0.717) is 29.5 Å². The number of fused-ring (bicyclic) bond motifs is 2. The van der Waals surface area contributed by atoms with E-state index in [4.69, 9.17) is 29.6 Å². The molecule has 1 aromatic carbocycles. The van der Waals surface area contributed by atoms with Crippen LogP contribution in [0.2, 0.25) is 0 Å². The van der Waals surface area contributed by atoms with Crippen LogP contribution in [0.4, 0.5) is 14.9 Å². The summed E-state index contributed by atoms with van der Waals surface area (Å²) in [5.41, 5.74) is 0.942. The number of terminal acetylenes is 1. The fourth-order valence-corrected chi connectivity index (χ4v) is 4.47. The summed E-state index contributed by atoms with van der Waals surface area (Å²) >= 11 is 12.6. The molecule has 0 spiro atoms. The van der Waals surface area contributed by atoms with Crippen LogP contribution in [0.3, 0.4) is 0 Å². The van der Waals surface area contributed by atoms with Gasteiger partial charge < -0.3 is 20.2 Å². The molecule has 0 radical (unpaired) electrons. The van der Waals surface area contributed by atoms with Gasteiger partial charge in [0.05, 0.1) is 16.8 Å². The third-order valence-electron chi connectivity index (χ3n) is 5.35. The van der Waals surface area contributed by atoms with Crippen molar-refractivity contribution in [1.82, 2.24) is 9.80 Å². The van der Waals surface area contributed by atoms with Gasteiger partial charge in [-0.2, -0.15) is 0 Å². The van der Waals surface area contributed by atoms with Gasteiger partial charge in [0.2, 0.25) is 0 Å². The minimum Gasteiger partial charge on any atom is -0.505 e. The normalized spacial score (nSPS) is 22.7. The Morgan fingerprint density at radius 3 is 2.72 bits per heavy atom. The number of hydrogen-bond donors (Lipinski definition) is 2. The number of aromatic hydroxyl groups is 1. The molecule has 0 aromatic heterocycles. The van der Waals surface area contributed by atoms with Gasteiger partial charge in [-0.05, 0) is 38.3 Å². The maximum Gasteiger partial charge on any atom is 0.322 e. The molecule has 0 saturated carbocycles. The van der Waals surface area contributed by atoms with Crippen LogP contribution < -0.4 is 5.32 Å². The number of carbonyl (C=O) groups excluding carboxylic acids is 1. The van der Waals surface area contributed by atoms with Crippen LogP contribution in [0.15, 0.2) is 40.0 Å². The lowest BCUT2D eigenvalue weighted by Gasteiger charge is -2.31. The lowest BCUT2D eigenvalue weighted by atomic mass is 10.1. The molecule has 154 valence electrons. The molecular formula is C21H22Cl2FN3O2. The number of nitrogens with zero attached hydrogens (tertiary/aromatic N) is 2. The third-order valence-corrected chi connectivity index (χ3v) is 6.03. The average Bonchev–Trinajstić information content (AvgIpc) is 3.00. The molecule has 2 N–H and O–H groups in total. The van der Waals surface area contributed by atoms with Gasteiger partial charge in [0.25, 0.3) is 0 Å². The van der Waals surface area contributed by atoms with Crippen molar-refractivity contribution in [3.05, 3.63) is 45.9 Å². The van der Waals surface area contributed by atoms with Crippen molar-refractivity contribution in [3.8, 4) is 18.1 Å². The Morgan fingerprint density at radius 2 is 2.07 bits per heavy atom. The molecule has 0 aliphatic carbocycles. The van der Waals surface area contributed by atoms with E-state index >= 15 is 0 Å². The molecule has 1 aromatic rings. The van der Waals surface area contributed by atoms with Gasteiger partial charge in [0.1, 0.15) is 5.03 Å². The summed E-state index contributed by atoms with van der Waals surface area (Å²) in [6, 6.07) is 3.46. The van der Waals surface area contributed by atoms with Crippen LogP contribution in [-0.4, -0.2) is 46.1 Å². The number of benzene rings is 1.